The van der Waals surface area contributed by atoms with Crippen molar-refractivity contribution < 1.29 is 8.78 Å². The lowest BCUT2D eigenvalue weighted by atomic mass is 9.86. The lowest BCUT2D eigenvalue weighted by Crippen LogP contribution is -2.22. The van der Waals surface area contributed by atoms with Gasteiger partial charge >= 0.3 is 0 Å². The zero-order valence-electron chi connectivity index (χ0n) is 20.0. The van der Waals surface area contributed by atoms with E-state index in [0.29, 0.717) is 12.1 Å². The highest BCUT2D eigenvalue weighted by Crippen LogP contribution is 2.30. The molecular weight excluding hydrogens is 446 g/mol. The summed E-state index contributed by atoms with van der Waals surface area (Å²) in [4.78, 5) is 4.51. The molecule has 0 radical (unpaired) electrons. The molecule has 1 aliphatic carbocycles. The number of amidine groups is 1. The van der Waals surface area contributed by atoms with Crippen LogP contribution in [-0.2, 0) is 18.5 Å². The van der Waals surface area contributed by atoms with Crippen molar-refractivity contribution in [3.63, 3.8) is 0 Å². The normalized spacial score (nSPS) is 13.9. The number of nitrogen functional groups attached to an aromatic ring is 1. The maximum absolute atomic E-state index is 14.5. The summed E-state index contributed by atoms with van der Waals surface area (Å²) in [5.74, 6) is -1.93. The van der Waals surface area contributed by atoms with E-state index in [2.05, 4.69) is 16.4 Å². The summed E-state index contributed by atoms with van der Waals surface area (Å²) in [6.07, 6.45) is 5.88. The Morgan fingerprint density at radius 3 is 2.31 bits per heavy atom. The van der Waals surface area contributed by atoms with Gasteiger partial charge < -0.3 is 16.8 Å². The molecule has 8 heteroatoms. The zero-order chi connectivity index (χ0) is 25.6. The van der Waals surface area contributed by atoms with Crippen LogP contribution in [0.5, 0.6) is 0 Å². The number of halogens is 2. The Bertz CT molecular complexity index is 1200. The lowest BCUT2D eigenvalue weighted by Gasteiger charge is -2.24. The van der Waals surface area contributed by atoms with Crippen LogP contribution in [0.4, 0.5) is 8.78 Å². The van der Waals surface area contributed by atoms with E-state index in [4.69, 9.17) is 16.9 Å². The third-order valence-electron chi connectivity index (χ3n) is 6.13. The quantitative estimate of drug-likeness (QED) is 0.309. The van der Waals surface area contributed by atoms with Crippen molar-refractivity contribution in [3.05, 3.63) is 93.3 Å². The zero-order valence-corrected chi connectivity index (χ0v) is 20.0. The van der Waals surface area contributed by atoms with Gasteiger partial charge in [-0.2, -0.15) is 5.26 Å². The van der Waals surface area contributed by atoms with E-state index >= 15 is 0 Å². The van der Waals surface area contributed by atoms with Gasteiger partial charge in [-0.05, 0) is 61.9 Å². The fourth-order valence-electron chi connectivity index (χ4n) is 3.67. The molecule has 1 saturated carbocycles. The van der Waals surface area contributed by atoms with Crippen LogP contribution in [0.3, 0.4) is 0 Å². The Morgan fingerprint density at radius 1 is 1.20 bits per heavy atom. The van der Waals surface area contributed by atoms with Gasteiger partial charge in [-0.3, -0.25) is 10.4 Å². The van der Waals surface area contributed by atoms with Crippen LogP contribution in [-0.4, -0.2) is 12.1 Å². The van der Waals surface area contributed by atoms with Crippen LogP contribution in [0.2, 0.25) is 0 Å². The minimum absolute atomic E-state index is 0.000201. The maximum atomic E-state index is 14.5. The molecule has 0 atom stereocenters. The number of aliphatic imine (C=N–C) groups is 1. The third kappa shape index (κ3) is 6.12. The summed E-state index contributed by atoms with van der Waals surface area (Å²) in [6.45, 7) is 4.08. The highest BCUT2D eigenvalue weighted by atomic mass is 19.1. The molecule has 35 heavy (non-hydrogen) atoms. The number of nitrogens with one attached hydrogen (secondary N) is 2. The third-order valence-corrected chi connectivity index (χ3v) is 6.13. The fourth-order valence-corrected chi connectivity index (χ4v) is 3.67. The molecule has 1 fully saturated rings. The van der Waals surface area contributed by atoms with Crippen LogP contribution in [0.1, 0.15) is 55.4 Å². The van der Waals surface area contributed by atoms with Gasteiger partial charge in [-0.25, -0.2) is 8.78 Å². The van der Waals surface area contributed by atoms with Gasteiger partial charge in [0, 0.05) is 41.4 Å². The molecule has 0 bridgehead atoms. The number of nitrogens with zero attached hydrogens (tertiary/aromatic N) is 2. The van der Waals surface area contributed by atoms with Gasteiger partial charge in [0.25, 0.3) is 0 Å². The average Bonchev–Trinajstić information content (AvgIpc) is 2.79. The summed E-state index contributed by atoms with van der Waals surface area (Å²) < 4.78 is 29.0. The molecular formula is C27H30F2N6. The van der Waals surface area contributed by atoms with Crippen molar-refractivity contribution >= 4 is 12.1 Å². The van der Waals surface area contributed by atoms with E-state index in [9.17, 15) is 14.0 Å². The van der Waals surface area contributed by atoms with E-state index in [-0.39, 0.29) is 17.7 Å². The second-order valence-electron chi connectivity index (χ2n) is 9.04. The number of nitrogens with two attached hydrogens (primary N) is 2. The molecule has 0 heterocycles. The topological polar surface area (TPSA) is 124 Å². The van der Waals surface area contributed by atoms with Crippen molar-refractivity contribution in [1.82, 2.24) is 5.32 Å². The van der Waals surface area contributed by atoms with Crippen LogP contribution in [0, 0.1) is 28.4 Å². The molecule has 0 saturated heterocycles. The van der Waals surface area contributed by atoms with Crippen LogP contribution in [0.25, 0.3) is 0 Å². The van der Waals surface area contributed by atoms with E-state index in [1.54, 1.807) is 6.21 Å². The first-order chi connectivity index (χ1) is 16.7. The lowest BCUT2D eigenvalue weighted by molar-refractivity contribution is 0.543. The van der Waals surface area contributed by atoms with Gasteiger partial charge in [0.15, 0.2) is 0 Å². The second-order valence-corrected chi connectivity index (χ2v) is 9.04. The monoisotopic (exact) mass is 476 g/mol. The summed E-state index contributed by atoms with van der Waals surface area (Å²) >= 11 is 0. The van der Waals surface area contributed by atoms with Crippen molar-refractivity contribution in [1.29, 1.82) is 10.7 Å². The Balaban J connectivity index is 1.73. The van der Waals surface area contributed by atoms with Gasteiger partial charge in [0.1, 0.15) is 17.5 Å². The van der Waals surface area contributed by atoms with Crippen molar-refractivity contribution in [2.24, 2.45) is 16.5 Å². The number of benzene rings is 2. The van der Waals surface area contributed by atoms with E-state index in [0.717, 1.165) is 53.8 Å². The van der Waals surface area contributed by atoms with Gasteiger partial charge in [-0.1, -0.05) is 24.3 Å². The summed E-state index contributed by atoms with van der Waals surface area (Å²) in [5.41, 5.74) is 15.0. The molecule has 3 rings (SSSR count). The Morgan fingerprint density at radius 2 is 1.83 bits per heavy atom. The van der Waals surface area contributed by atoms with E-state index < -0.39 is 22.9 Å². The first kappa shape index (κ1) is 25.6. The van der Waals surface area contributed by atoms with E-state index in [1.165, 1.54) is 6.20 Å². The van der Waals surface area contributed by atoms with Crippen molar-refractivity contribution in [2.75, 3.05) is 0 Å². The largest absolute Gasteiger partial charge is 0.404 e. The van der Waals surface area contributed by atoms with Crippen molar-refractivity contribution in [2.45, 2.75) is 51.6 Å². The first-order valence-electron chi connectivity index (χ1n) is 11.4. The molecule has 1 aliphatic rings. The summed E-state index contributed by atoms with van der Waals surface area (Å²) in [6, 6.07) is 12.1. The van der Waals surface area contributed by atoms with Gasteiger partial charge in [0.2, 0.25) is 0 Å². The number of hydrogen-bond donors (Lipinski definition) is 4. The Hall–Kier alpha value is -3.99. The number of allylic oxidation sites excluding steroid dienone is 2. The number of nitriles is 1. The summed E-state index contributed by atoms with van der Waals surface area (Å²) in [7, 11) is 0. The minimum Gasteiger partial charge on any atom is -0.404 e. The molecule has 0 aliphatic heterocycles. The molecule has 6 nitrogen and oxygen atoms in total. The molecule has 0 aromatic heterocycles. The minimum atomic E-state index is -0.768. The highest BCUT2D eigenvalue weighted by Gasteiger charge is 2.20. The predicted molar refractivity (Wildman–Crippen MR) is 135 cm³/mol. The Kier molecular flexibility index (Phi) is 8.02. The fraction of sp³-hybridized carbons (Fsp3) is 0.296. The maximum Gasteiger partial charge on any atom is 0.131 e. The van der Waals surface area contributed by atoms with Crippen LogP contribution in [0.15, 0.2) is 64.4 Å². The number of rotatable bonds is 9. The van der Waals surface area contributed by atoms with Crippen LogP contribution >= 0.6 is 0 Å². The SMILES string of the molecule is CC(C)(C#N)c1ccc(CN=C/C(=C\N)C(NCc2c(F)cc(C(=N)N)cc2F)=C2CCC2)cc1. The highest BCUT2D eigenvalue weighted by molar-refractivity contribution is 5.95. The first-order valence-corrected chi connectivity index (χ1v) is 11.4. The second kappa shape index (κ2) is 11.0. The predicted octanol–water partition coefficient (Wildman–Crippen LogP) is 4.69. The standard InChI is InChI=1S/C27H30F2N6/c1-27(2,16-31)21-8-6-17(7-9-21)13-34-14-20(12-30)25(18-4-3-5-18)35-15-22-23(28)10-19(26(32)33)11-24(22)29/h6-12,14,35H,3-5,13,15,30H2,1-2H3,(H3,32,33)/b20-12+,34-14?. The number of hydrogen-bond acceptors (Lipinski definition) is 5. The molecule has 6 N–H and O–H groups in total. The van der Waals surface area contributed by atoms with Crippen molar-refractivity contribution in [3.8, 4) is 6.07 Å². The van der Waals surface area contributed by atoms with Gasteiger partial charge in [0.05, 0.1) is 18.0 Å². The molecule has 2 aromatic carbocycles. The summed E-state index contributed by atoms with van der Waals surface area (Å²) in [5, 5.41) is 19.8. The van der Waals surface area contributed by atoms with Gasteiger partial charge in [-0.15, -0.1) is 0 Å². The molecule has 2 aromatic rings. The molecule has 0 spiro atoms. The smallest absolute Gasteiger partial charge is 0.131 e. The molecule has 182 valence electrons. The molecule has 0 amide bonds. The molecule has 0 unspecified atom stereocenters. The Labute approximate surface area is 204 Å². The van der Waals surface area contributed by atoms with E-state index in [1.807, 2.05) is 38.1 Å². The van der Waals surface area contributed by atoms with Crippen LogP contribution < -0.4 is 16.8 Å². The average molecular weight is 477 g/mol.